The third-order valence-electron chi connectivity index (χ3n) is 2.60. The number of hydrogen-bond donors (Lipinski definition) is 0. The smallest absolute Gasteiger partial charge is 0.274 e. The van der Waals surface area contributed by atoms with Gasteiger partial charge in [-0.1, -0.05) is 12.1 Å². The van der Waals surface area contributed by atoms with Gasteiger partial charge in [0.15, 0.2) is 4.21 Å². The predicted octanol–water partition coefficient (Wildman–Crippen LogP) is 3.34. The van der Waals surface area contributed by atoms with Gasteiger partial charge in [0.25, 0.3) is 10.0 Å². The molecule has 0 atom stereocenters. The summed E-state index contributed by atoms with van der Waals surface area (Å²) in [5.41, 5.74) is 0.505. The minimum atomic E-state index is -3.59. The first-order valence-electron chi connectivity index (χ1n) is 5.33. The monoisotopic (exact) mass is 361 g/mol. The van der Waals surface area contributed by atoms with Crippen molar-refractivity contribution < 1.29 is 13.2 Å². The summed E-state index contributed by atoms with van der Waals surface area (Å²) in [6, 6.07) is 8.72. The standard InChI is InChI=1S/C12H12BrNO3S2/c1-14(10-5-3-4-6-11(10)17-2)19(15,16)12-9(13)7-8-18-12/h3-8H,1-2H3. The van der Waals surface area contributed by atoms with E-state index in [0.29, 0.717) is 15.9 Å². The molecular weight excluding hydrogens is 350 g/mol. The van der Waals surface area contributed by atoms with Crippen LogP contribution in [0.2, 0.25) is 0 Å². The number of rotatable bonds is 4. The molecule has 2 aromatic rings. The first-order valence-corrected chi connectivity index (χ1v) is 8.44. The van der Waals surface area contributed by atoms with Crippen LogP contribution in [-0.4, -0.2) is 22.6 Å². The van der Waals surface area contributed by atoms with Crippen molar-refractivity contribution in [1.29, 1.82) is 0 Å². The van der Waals surface area contributed by atoms with Gasteiger partial charge in [0.2, 0.25) is 0 Å². The maximum Gasteiger partial charge on any atom is 0.274 e. The number of para-hydroxylation sites is 2. The maximum absolute atomic E-state index is 12.5. The molecule has 0 unspecified atom stereocenters. The Morgan fingerprint density at radius 2 is 1.95 bits per heavy atom. The number of ether oxygens (including phenoxy) is 1. The Kier molecular flexibility index (Phi) is 4.17. The maximum atomic E-state index is 12.5. The first kappa shape index (κ1) is 14.4. The zero-order chi connectivity index (χ0) is 14.0. The highest BCUT2D eigenvalue weighted by molar-refractivity contribution is 9.10. The molecule has 0 aliphatic heterocycles. The number of nitrogens with zero attached hydrogens (tertiary/aromatic N) is 1. The Bertz CT molecular complexity index is 682. The summed E-state index contributed by atoms with van der Waals surface area (Å²) < 4.78 is 32.3. The Balaban J connectivity index is 2.50. The summed E-state index contributed by atoms with van der Waals surface area (Å²) in [7, 11) is -0.560. The molecule has 0 saturated carbocycles. The van der Waals surface area contributed by atoms with Gasteiger partial charge in [-0.3, -0.25) is 4.31 Å². The summed E-state index contributed by atoms with van der Waals surface area (Å²) >= 11 is 4.43. The summed E-state index contributed by atoms with van der Waals surface area (Å²) in [5, 5.41) is 1.73. The minimum absolute atomic E-state index is 0.279. The number of anilines is 1. The highest BCUT2D eigenvalue weighted by Gasteiger charge is 2.26. The Morgan fingerprint density at radius 1 is 1.26 bits per heavy atom. The second kappa shape index (κ2) is 5.52. The van der Waals surface area contributed by atoms with Crippen LogP contribution in [0, 0.1) is 0 Å². The third kappa shape index (κ3) is 2.63. The largest absolute Gasteiger partial charge is 0.495 e. The van der Waals surface area contributed by atoms with E-state index < -0.39 is 10.0 Å². The average Bonchev–Trinajstić information content (AvgIpc) is 2.84. The van der Waals surface area contributed by atoms with Gasteiger partial charge in [0.05, 0.1) is 12.8 Å². The number of hydrogen-bond acceptors (Lipinski definition) is 4. The molecule has 102 valence electrons. The van der Waals surface area contributed by atoms with Crippen molar-refractivity contribution in [1.82, 2.24) is 0 Å². The number of methoxy groups -OCH3 is 1. The average molecular weight is 362 g/mol. The number of benzene rings is 1. The zero-order valence-corrected chi connectivity index (χ0v) is 13.5. The predicted molar refractivity (Wildman–Crippen MR) is 80.6 cm³/mol. The summed E-state index contributed by atoms with van der Waals surface area (Å²) in [5.74, 6) is 0.515. The zero-order valence-electron chi connectivity index (χ0n) is 10.3. The first-order chi connectivity index (χ1) is 8.98. The number of thiophene rings is 1. The minimum Gasteiger partial charge on any atom is -0.495 e. The van der Waals surface area contributed by atoms with Crippen LogP contribution in [-0.2, 0) is 10.0 Å². The van der Waals surface area contributed by atoms with Gasteiger partial charge in [-0.25, -0.2) is 8.42 Å². The molecule has 19 heavy (non-hydrogen) atoms. The van der Waals surface area contributed by atoms with Crippen LogP contribution in [0.15, 0.2) is 44.4 Å². The van der Waals surface area contributed by atoms with Crippen LogP contribution in [0.4, 0.5) is 5.69 Å². The summed E-state index contributed by atoms with van der Waals surface area (Å²) in [6.45, 7) is 0. The Hall–Kier alpha value is -1.05. The van der Waals surface area contributed by atoms with Gasteiger partial charge in [-0.2, -0.15) is 0 Å². The van der Waals surface area contributed by atoms with Crippen molar-refractivity contribution in [2.45, 2.75) is 4.21 Å². The van der Waals surface area contributed by atoms with Crippen LogP contribution in [0.3, 0.4) is 0 Å². The molecule has 0 N–H and O–H groups in total. The van der Waals surface area contributed by atoms with E-state index in [1.54, 1.807) is 35.7 Å². The van der Waals surface area contributed by atoms with E-state index in [2.05, 4.69) is 15.9 Å². The third-order valence-corrected chi connectivity index (χ3v) is 7.02. The van der Waals surface area contributed by atoms with Gasteiger partial charge < -0.3 is 4.74 Å². The molecule has 1 aromatic heterocycles. The van der Waals surface area contributed by atoms with E-state index >= 15 is 0 Å². The number of sulfonamides is 1. The van der Waals surface area contributed by atoms with Gasteiger partial charge >= 0.3 is 0 Å². The van der Waals surface area contributed by atoms with E-state index in [0.717, 1.165) is 0 Å². The molecule has 0 amide bonds. The van der Waals surface area contributed by atoms with Crippen molar-refractivity contribution >= 4 is 43.0 Å². The Labute approximate surface area is 124 Å². The van der Waals surface area contributed by atoms with Crippen LogP contribution in [0.1, 0.15) is 0 Å². The molecular formula is C12H12BrNO3S2. The lowest BCUT2D eigenvalue weighted by Crippen LogP contribution is -2.26. The normalized spacial score (nSPS) is 11.3. The van der Waals surface area contributed by atoms with E-state index in [9.17, 15) is 8.42 Å². The van der Waals surface area contributed by atoms with Crippen LogP contribution in [0.5, 0.6) is 5.75 Å². The summed E-state index contributed by atoms with van der Waals surface area (Å²) in [6.07, 6.45) is 0. The highest BCUT2D eigenvalue weighted by atomic mass is 79.9. The van der Waals surface area contributed by atoms with Crippen molar-refractivity contribution in [3.63, 3.8) is 0 Å². The summed E-state index contributed by atoms with van der Waals surface area (Å²) in [4.78, 5) is 0. The van der Waals surface area contributed by atoms with E-state index in [4.69, 9.17) is 4.74 Å². The van der Waals surface area contributed by atoms with Crippen LogP contribution in [0.25, 0.3) is 0 Å². The molecule has 2 rings (SSSR count). The van der Waals surface area contributed by atoms with Gasteiger partial charge in [0, 0.05) is 11.5 Å². The van der Waals surface area contributed by atoms with E-state index in [-0.39, 0.29) is 4.21 Å². The second-order valence-electron chi connectivity index (χ2n) is 3.70. The molecule has 1 heterocycles. The van der Waals surface area contributed by atoms with E-state index in [1.165, 1.54) is 29.8 Å². The van der Waals surface area contributed by atoms with E-state index in [1.807, 2.05) is 0 Å². The molecule has 0 radical (unpaired) electrons. The van der Waals surface area contributed by atoms with Gasteiger partial charge in [-0.05, 0) is 39.5 Å². The second-order valence-corrected chi connectivity index (χ2v) is 7.64. The van der Waals surface area contributed by atoms with Crippen molar-refractivity contribution in [3.05, 3.63) is 40.2 Å². The SMILES string of the molecule is COc1ccccc1N(C)S(=O)(=O)c1sccc1Br. The van der Waals surface area contributed by atoms with Crippen molar-refractivity contribution in [3.8, 4) is 5.75 Å². The molecule has 0 aliphatic carbocycles. The lowest BCUT2D eigenvalue weighted by molar-refractivity contribution is 0.416. The van der Waals surface area contributed by atoms with Crippen LogP contribution >= 0.6 is 27.3 Å². The molecule has 4 nitrogen and oxygen atoms in total. The molecule has 0 fully saturated rings. The lowest BCUT2D eigenvalue weighted by atomic mass is 10.3. The van der Waals surface area contributed by atoms with Gasteiger partial charge in [-0.15, -0.1) is 11.3 Å². The molecule has 1 aromatic carbocycles. The van der Waals surface area contributed by atoms with Crippen molar-refractivity contribution in [2.75, 3.05) is 18.5 Å². The van der Waals surface area contributed by atoms with Crippen LogP contribution < -0.4 is 9.04 Å². The van der Waals surface area contributed by atoms with Crippen molar-refractivity contribution in [2.24, 2.45) is 0 Å². The lowest BCUT2D eigenvalue weighted by Gasteiger charge is -2.20. The quantitative estimate of drug-likeness (QED) is 0.838. The fourth-order valence-corrected chi connectivity index (χ4v) is 5.28. The fraction of sp³-hybridized carbons (Fsp3) is 0.167. The Morgan fingerprint density at radius 3 is 2.53 bits per heavy atom. The number of halogens is 1. The molecule has 0 bridgehead atoms. The fourth-order valence-electron chi connectivity index (χ4n) is 1.61. The highest BCUT2D eigenvalue weighted by Crippen LogP contribution is 2.35. The molecule has 0 spiro atoms. The molecule has 7 heteroatoms. The topological polar surface area (TPSA) is 46.6 Å². The molecule has 0 aliphatic rings. The molecule has 0 saturated heterocycles. The van der Waals surface area contributed by atoms with Gasteiger partial charge in [0.1, 0.15) is 5.75 Å².